The summed E-state index contributed by atoms with van der Waals surface area (Å²) < 4.78 is 28.2. The second kappa shape index (κ2) is 7.72. The quantitative estimate of drug-likeness (QED) is 0.733. The lowest BCUT2D eigenvalue weighted by molar-refractivity contribution is -0.120. The summed E-state index contributed by atoms with van der Waals surface area (Å²) in [6.45, 7) is 3.35. The molecule has 1 aromatic carbocycles. The molecule has 2 aliphatic carbocycles. The van der Waals surface area contributed by atoms with Gasteiger partial charge in [-0.25, -0.2) is 12.4 Å². The molecule has 0 aliphatic heterocycles. The van der Waals surface area contributed by atoms with Crippen LogP contribution in [0.2, 0.25) is 0 Å². The first kappa shape index (κ1) is 20.9. The molecule has 0 atom stereocenters. The molecule has 7 nitrogen and oxygen atoms in total. The highest BCUT2D eigenvalue weighted by molar-refractivity contribution is 7.90. The number of amides is 2. The smallest absolute Gasteiger partial charge is 0.251 e. The standard InChI is InChI=1S/C22H29N3O4S/c1-13(2)30(28,29)25-19-7-5-4-6-17(19)18-11-15(22(27)23-3)10-14(21(18)25)12-20(26)24-16-8-9-16/h10-11,13,16H,4-9,12H2,1-3H3,(H,23,27)(H,24,26). The van der Waals surface area contributed by atoms with Crippen LogP contribution in [0.5, 0.6) is 0 Å². The van der Waals surface area contributed by atoms with Crippen LogP contribution in [0, 0.1) is 0 Å². The topological polar surface area (TPSA) is 97.3 Å². The molecule has 2 aromatic rings. The number of hydrogen-bond acceptors (Lipinski definition) is 4. The van der Waals surface area contributed by atoms with E-state index in [2.05, 4.69) is 10.6 Å². The zero-order valence-corrected chi connectivity index (χ0v) is 18.6. The van der Waals surface area contributed by atoms with E-state index in [1.807, 2.05) is 0 Å². The fraction of sp³-hybridized carbons (Fsp3) is 0.545. The van der Waals surface area contributed by atoms with Gasteiger partial charge in [0.15, 0.2) is 0 Å². The summed E-state index contributed by atoms with van der Waals surface area (Å²) in [6, 6.07) is 3.67. The highest BCUT2D eigenvalue weighted by Gasteiger charge is 2.32. The van der Waals surface area contributed by atoms with Gasteiger partial charge in [0, 0.05) is 29.7 Å². The summed E-state index contributed by atoms with van der Waals surface area (Å²) in [5.74, 6) is -0.384. The van der Waals surface area contributed by atoms with Crippen molar-refractivity contribution in [3.8, 4) is 0 Å². The Kier molecular flexibility index (Phi) is 5.38. The van der Waals surface area contributed by atoms with Gasteiger partial charge in [-0.3, -0.25) is 9.59 Å². The van der Waals surface area contributed by atoms with Gasteiger partial charge in [-0.15, -0.1) is 0 Å². The molecular weight excluding hydrogens is 402 g/mol. The van der Waals surface area contributed by atoms with Crippen LogP contribution >= 0.6 is 0 Å². The zero-order chi connectivity index (χ0) is 21.6. The maximum absolute atomic E-state index is 13.4. The minimum atomic E-state index is -3.62. The van der Waals surface area contributed by atoms with Crippen LogP contribution in [0.4, 0.5) is 0 Å². The molecule has 0 radical (unpaired) electrons. The third-order valence-electron chi connectivity index (χ3n) is 6.03. The van der Waals surface area contributed by atoms with Crippen molar-refractivity contribution < 1.29 is 18.0 Å². The lowest BCUT2D eigenvalue weighted by Gasteiger charge is -2.18. The van der Waals surface area contributed by atoms with E-state index in [0.717, 1.165) is 48.7 Å². The van der Waals surface area contributed by atoms with Gasteiger partial charge in [-0.1, -0.05) is 0 Å². The number of fused-ring (bicyclic) bond motifs is 3. The summed E-state index contributed by atoms with van der Waals surface area (Å²) in [6.07, 6.45) is 5.37. The second-order valence-electron chi connectivity index (χ2n) is 8.62. The van der Waals surface area contributed by atoms with Crippen molar-refractivity contribution in [1.82, 2.24) is 14.6 Å². The van der Waals surface area contributed by atoms with Crippen LogP contribution in [0.25, 0.3) is 10.9 Å². The molecule has 2 N–H and O–H groups in total. The fourth-order valence-corrected chi connectivity index (χ4v) is 5.68. The van der Waals surface area contributed by atoms with Crippen molar-refractivity contribution in [3.63, 3.8) is 0 Å². The molecule has 4 rings (SSSR count). The highest BCUT2D eigenvalue weighted by Crippen LogP contribution is 2.37. The van der Waals surface area contributed by atoms with Crippen LogP contribution in [-0.4, -0.2) is 42.5 Å². The van der Waals surface area contributed by atoms with E-state index >= 15 is 0 Å². The van der Waals surface area contributed by atoms with Gasteiger partial charge in [0.1, 0.15) is 0 Å². The molecule has 1 heterocycles. The lowest BCUT2D eigenvalue weighted by Crippen LogP contribution is -2.28. The second-order valence-corrected chi connectivity index (χ2v) is 11.0. The molecule has 1 fully saturated rings. The summed E-state index contributed by atoms with van der Waals surface area (Å²) in [5.41, 5.74) is 3.40. The number of benzene rings is 1. The Morgan fingerprint density at radius 1 is 1.17 bits per heavy atom. The average Bonchev–Trinajstić information content (AvgIpc) is 3.45. The van der Waals surface area contributed by atoms with Crippen LogP contribution in [-0.2, 0) is 34.1 Å². The number of aryl methyl sites for hydroxylation is 1. The Morgan fingerprint density at radius 2 is 1.87 bits per heavy atom. The van der Waals surface area contributed by atoms with E-state index < -0.39 is 15.3 Å². The molecule has 1 aromatic heterocycles. The maximum Gasteiger partial charge on any atom is 0.251 e. The monoisotopic (exact) mass is 431 g/mol. The first-order valence-corrected chi connectivity index (χ1v) is 12.2. The molecule has 2 aliphatic rings. The number of rotatable bonds is 6. The van der Waals surface area contributed by atoms with Gasteiger partial charge >= 0.3 is 0 Å². The van der Waals surface area contributed by atoms with Gasteiger partial charge < -0.3 is 10.6 Å². The van der Waals surface area contributed by atoms with Gasteiger partial charge in [-0.2, -0.15) is 0 Å². The normalized spacial score (nSPS) is 16.5. The SMILES string of the molecule is CNC(=O)c1cc(CC(=O)NC2CC2)c2c(c1)c1c(n2S(=O)(=O)C(C)C)CCCC1. The number of aromatic nitrogens is 1. The molecule has 0 bridgehead atoms. The average molecular weight is 432 g/mol. The molecule has 0 saturated heterocycles. The van der Waals surface area contributed by atoms with Gasteiger partial charge in [0.05, 0.1) is 17.2 Å². The van der Waals surface area contributed by atoms with Gasteiger partial charge in [-0.05, 0) is 75.6 Å². The number of carbonyl (C=O) groups is 2. The molecule has 0 unspecified atom stereocenters. The molecule has 162 valence electrons. The van der Waals surface area contributed by atoms with E-state index in [1.165, 1.54) is 3.97 Å². The van der Waals surface area contributed by atoms with Crippen molar-refractivity contribution in [2.24, 2.45) is 0 Å². The van der Waals surface area contributed by atoms with E-state index in [1.54, 1.807) is 33.0 Å². The largest absolute Gasteiger partial charge is 0.355 e. The summed E-state index contributed by atoms with van der Waals surface area (Å²) in [5, 5.41) is 5.80. The molecule has 8 heteroatoms. The zero-order valence-electron chi connectivity index (χ0n) is 17.7. The minimum absolute atomic E-state index is 0.0499. The van der Waals surface area contributed by atoms with Gasteiger partial charge in [0.2, 0.25) is 15.9 Å². The number of nitrogens with one attached hydrogen (secondary N) is 2. The maximum atomic E-state index is 13.4. The summed E-state index contributed by atoms with van der Waals surface area (Å²) >= 11 is 0. The predicted molar refractivity (Wildman–Crippen MR) is 116 cm³/mol. The highest BCUT2D eigenvalue weighted by atomic mass is 32.2. The van der Waals surface area contributed by atoms with E-state index in [4.69, 9.17) is 0 Å². The lowest BCUT2D eigenvalue weighted by atomic mass is 9.94. The van der Waals surface area contributed by atoms with Crippen molar-refractivity contribution in [1.29, 1.82) is 0 Å². The first-order chi connectivity index (χ1) is 14.2. The molecule has 2 amide bonds. The van der Waals surface area contributed by atoms with E-state index in [9.17, 15) is 18.0 Å². The Labute approximate surface area is 177 Å². The fourth-order valence-electron chi connectivity index (χ4n) is 4.28. The summed E-state index contributed by atoms with van der Waals surface area (Å²) in [4.78, 5) is 25.1. The number of hydrogen-bond donors (Lipinski definition) is 2. The van der Waals surface area contributed by atoms with Crippen LogP contribution in [0.1, 0.15) is 66.7 Å². The van der Waals surface area contributed by atoms with E-state index in [0.29, 0.717) is 23.1 Å². The Bertz CT molecular complexity index is 1130. The number of carbonyl (C=O) groups excluding carboxylic acids is 2. The Hall–Kier alpha value is -2.35. The minimum Gasteiger partial charge on any atom is -0.355 e. The van der Waals surface area contributed by atoms with Crippen molar-refractivity contribution >= 4 is 32.7 Å². The first-order valence-electron chi connectivity index (χ1n) is 10.7. The summed E-state index contributed by atoms with van der Waals surface area (Å²) in [7, 11) is -2.06. The number of nitrogens with zero attached hydrogens (tertiary/aromatic N) is 1. The van der Waals surface area contributed by atoms with Crippen LogP contribution in [0.3, 0.4) is 0 Å². The molecule has 1 saturated carbocycles. The van der Waals surface area contributed by atoms with Gasteiger partial charge in [0.25, 0.3) is 5.91 Å². The van der Waals surface area contributed by atoms with Crippen molar-refractivity contribution in [3.05, 3.63) is 34.5 Å². The Morgan fingerprint density at radius 3 is 2.50 bits per heavy atom. The van der Waals surface area contributed by atoms with Crippen LogP contribution < -0.4 is 10.6 Å². The van der Waals surface area contributed by atoms with Crippen LogP contribution in [0.15, 0.2) is 12.1 Å². The predicted octanol–water partition coefficient (Wildman–Crippen LogP) is 2.29. The third kappa shape index (κ3) is 3.62. The van der Waals surface area contributed by atoms with Crippen molar-refractivity contribution in [2.75, 3.05) is 7.05 Å². The molecule has 0 spiro atoms. The molecule has 30 heavy (non-hydrogen) atoms. The Balaban J connectivity index is 1.99. The van der Waals surface area contributed by atoms with E-state index in [-0.39, 0.29) is 24.3 Å². The van der Waals surface area contributed by atoms with Crippen molar-refractivity contribution in [2.45, 2.75) is 70.1 Å². The third-order valence-corrected chi connectivity index (χ3v) is 8.14. The molecular formula is C22H29N3O4S.